The van der Waals surface area contributed by atoms with Crippen molar-refractivity contribution in [3.05, 3.63) is 29.2 Å². The average molecular weight is 254 g/mol. The lowest BCUT2D eigenvalue weighted by atomic mass is 10.0. The molecule has 1 N–H and O–H groups in total. The number of fused-ring (bicyclic) bond motifs is 1. The van der Waals surface area contributed by atoms with Gasteiger partial charge in [0.05, 0.1) is 18.1 Å². The molecule has 0 amide bonds. The molecular weight excluding hydrogens is 240 g/mol. The van der Waals surface area contributed by atoms with Gasteiger partial charge in [-0.15, -0.1) is 0 Å². The Balaban J connectivity index is 2.53. The van der Waals surface area contributed by atoms with Gasteiger partial charge in [0, 0.05) is 5.41 Å². The smallest absolute Gasteiger partial charge is 0.200 e. The third kappa shape index (κ3) is 2.21. The van der Waals surface area contributed by atoms with Gasteiger partial charge in [0.15, 0.2) is 0 Å². The lowest BCUT2D eigenvalue weighted by Gasteiger charge is -2.07. The first-order valence-corrected chi connectivity index (χ1v) is 6.81. The maximum atomic E-state index is 11.9. The lowest BCUT2D eigenvalue weighted by molar-refractivity contribution is 0.201. The zero-order chi connectivity index (χ0) is 12.6. The van der Waals surface area contributed by atoms with Crippen LogP contribution in [0.3, 0.4) is 0 Å². The van der Waals surface area contributed by atoms with E-state index >= 15 is 0 Å². The fraction of sp³-hybridized carbons (Fsp3) is 0.333. The summed E-state index contributed by atoms with van der Waals surface area (Å²) in [4.78, 5) is 0.257. The normalized spacial score (nSPS) is 18.4. The van der Waals surface area contributed by atoms with E-state index in [1.807, 2.05) is 0 Å². The molecule has 0 aliphatic carbocycles. The molecule has 4 nitrogen and oxygen atoms in total. The fourth-order valence-electron chi connectivity index (χ4n) is 1.92. The molecule has 0 bridgehead atoms. The Morgan fingerprint density at radius 1 is 1.41 bits per heavy atom. The van der Waals surface area contributed by atoms with Gasteiger partial charge in [0.25, 0.3) is 0 Å². The summed E-state index contributed by atoms with van der Waals surface area (Å²) in [6.07, 6.45) is -0.233. The van der Waals surface area contributed by atoms with E-state index in [9.17, 15) is 13.5 Å². The van der Waals surface area contributed by atoms with Gasteiger partial charge in [-0.2, -0.15) is 0 Å². The summed E-state index contributed by atoms with van der Waals surface area (Å²) in [5, 5.41) is 10.6. The molecule has 2 rings (SSSR count). The van der Waals surface area contributed by atoms with Crippen molar-refractivity contribution < 1.29 is 18.3 Å². The highest BCUT2D eigenvalue weighted by Gasteiger charge is 2.27. The van der Waals surface area contributed by atoms with E-state index in [2.05, 4.69) is 0 Å². The van der Waals surface area contributed by atoms with Crippen molar-refractivity contribution in [3.63, 3.8) is 0 Å². The maximum absolute atomic E-state index is 11.9. The van der Waals surface area contributed by atoms with E-state index in [4.69, 9.17) is 4.74 Å². The van der Waals surface area contributed by atoms with Crippen LogP contribution in [0.4, 0.5) is 0 Å². The molecule has 92 valence electrons. The number of ether oxygens (including phenoxy) is 1. The number of sulfone groups is 1. The summed E-state index contributed by atoms with van der Waals surface area (Å²) in [7, 11) is -1.89. The molecule has 0 saturated carbocycles. The molecule has 0 fully saturated rings. The number of rotatable bonds is 3. The molecule has 17 heavy (non-hydrogen) atoms. The van der Waals surface area contributed by atoms with Crippen LogP contribution in [-0.4, -0.2) is 26.7 Å². The number of hydrogen-bond acceptors (Lipinski definition) is 4. The number of aliphatic hydroxyl groups excluding tert-OH is 1. The zero-order valence-electron chi connectivity index (χ0n) is 9.67. The summed E-state index contributed by atoms with van der Waals surface area (Å²) >= 11 is 0. The quantitative estimate of drug-likeness (QED) is 0.889. The zero-order valence-corrected chi connectivity index (χ0v) is 10.5. The van der Waals surface area contributed by atoms with Gasteiger partial charge in [0.2, 0.25) is 9.84 Å². The van der Waals surface area contributed by atoms with Crippen LogP contribution in [0.5, 0.6) is 5.75 Å². The van der Waals surface area contributed by atoms with Gasteiger partial charge in [-0.1, -0.05) is 0 Å². The molecule has 1 aromatic rings. The van der Waals surface area contributed by atoms with Crippen molar-refractivity contribution in [1.82, 2.24) is 0 Å². The van der Waals surface area contributed by atoms with Crippen LogP contribution in [0.2, 0.25) is 0 Å². The first kappa shape index (κ1) is 12.1. The van der Waals surface area contributed by atoms with Gasteiger partial charge in [-0.25, -0.2) is 8.42 Å². The van der Waals surface area contributed by atoms with Gasteiger partial charge in [0.1, 0.15) is 5.75 Å². The van der Waals surface area contributed by atoms with E-state index in [-0.39, 0.29) is 4.90 Å². The minimum Gasteiger partial charge on any atom is -0.497 e. The topological polar surface area (TPSA) is 63.6 Å². The third-order valence-electron chi connectivity index (χ3n) is 2.65. The minimum absolute atomic E-state index is 0.257. The molecular formula is C12H14O4S. The summed E-state index contributed by atoms with van der Waals surface area (Å²) in [5.74, 6) is 0.513. The van der Waals surface area contributed by atoms with E-state index in [1.165, 1.54) is 18.6 Å². The Hall–Kier alpha value is -1.33. The van der Waals surface area contributed by atoms with Crippen molar-refractivity contribution in [2.45, 2.75) is 24.3 Å². The molecule has 0 aromatic heterocycles. The molecule has 1 aliphatic rings. The highest BCUT2D eigenvalue weighted by Crippen LogP contribution is 2.37. The van der Waals surface area contributed by atoms with E-state index in [1.54, 1.807) is 19.1 Å². The molecule has 1 aromatic carbocycles. The maximum Gasteiger partial charge on any atom is 0.200 e. The van der Waals surface area contributed by atoms with Crippen LogP contribution in [0.1, 0.15) is 18.9 Å². The number of aliphatic hydroxyl groups is 1. The minimum atomic E-state index is -3.39. The van der Waals surface area contributed by atoms with Crippen LogP contribution >= 0.6 is 0 Å². The second-order valence-electron chi connectivity index (χ2n) is 4.10. The number of hydrogen-bond donors (Lipinski definition) is 1. The van der Waals surface area contributed by atoms with E-state index in [0.717, 1.165) is 0 Å². The van der Waals surface area contributed by atoms with Gasteiger partial charge < -0.3 is 9.84 Å². The Kier molecular flexibility index (Phi) is 2.97. The first-order valence-electron chi connectivity index (χ1n) is 5.26. The summed E-state index contributed by atoms with van der Waals surface area (Å²) < 4.78 is 28.8. The molecule has 1 heterocycles. The number of benzene rings is 1. The lowest BCUT2D eigenvalue weighted by Crippen LogP contribution is -2.00. The summed E-state index contributed by atoms with van der Waals surface area (Å²) in [6.45, 7) is 1.63. The predicted octanol–water partition coefficient (Wildman–Crippen LogP) is 1.59. The highest BCUT2D eigenvalue weighted by atomic mass is 32.2. The Morgan fingerprint density at radius 3 is 2.71 bits per heavy atom. The van der Waals surface area contributed by atoms with Crippen molar-refractivity contribution in [1.29, 1.82) is 0 Å². The second-order valence-corrected chi connectivity index (χ2v) is 5.87. The molecule has 0 spiro atoms. The van der Waals surface area contributed by atoms with Crippen molar-refractivity contribution in [2.75, 3.05) is 7.11 Å². The Labute approximate surface area is 100 Å². The van der Waals surface area contributed by atoms with Crippen LogP contribution in [0, 0.1) is 0 Å². The van der Waals surface area contributed by atoms with Gasteiger partial charge >= 0.3 is 0 Å². The molecule has 0 saturated heterocycles. The third-order valence-corrected chi connectivity index (χ3v) is 4.20. The second kappa shape index (κ2) is 4.16. The van der Waals surface area contributed by atoms with Crippen LogP contribution in [0.15, 0.2) is 28.5 Å². The summed E-state index contributed by atoms with van der Waals surface area (Å²) in [5.41, 5.74) is 1.31. The molecule has 1 aliphatic heterocycles. The molecule has 1 atom stereocenters. The standard InChI is InChI=1S/C12H14O4S/c1-8(13)5-9-7-17(14,15)12-6-10(16-2)3-4-11(9)12/h3-4,6-8,13H,5H2,1-2H3. The van der Waals surface area contributed by atoms with Crippen LogP contribution in [0.25, 0.3) is 5.57 Å². The van der Waals surface area contributed by atoms with Crippen molar-refractivity contribution in [3.8, 4) is 5.75 Å². The van der Waals surface area contributed by atoms with Gasteiger partial charge in [-0.3, -0.25) is 0 Å². The molecule has 1 unspecified atom stereocenters. The first-order chi connectivity index (χ1) is 7.94. The van der Waals surface area contributed by atoms with Gasteiger partial charge in [-0.05, 0) is 42.7 Å². The predicted molar refractivity (Wildman–Crippen MR) is 64.5 cm³/mol. The van der Waals surface area contributed by atoms with Crippen LogP contribution in [-0.2, 0) is 9.84 Å². The summed E-state index contributed by atoms with van der Waals surface area (Å²) in [6, 6.07) is 4.94. The highest BCUT2D eigenvalue weighted by molar-refractivity contribution is 7.95. The van der Waals surface area contributed by atoms with Crippen molar-refractivity contribution in [2.24, 2.45) is 0 Å². The molecule has 0 radical (unpaired) electrons. The molecule has 5 heteroatoms. The number of methoxy groups -OCH3 is 1. The van der Waals surface area contributed by atoms with E-state index < -0.39 is 15.9 Å². The SMILES string of the molecule is COc1ccc2c(c1)S(=O)(=O)C=C2CC(C)O. The van der Waals surface area contributed by atoms with Crippen molar-refractivity contribution >= 4 is 15.4 Å². The monoisotopic (exact) mass is 254 g/mol. The Bertz CT molecular complexity index is 570. The van der Waals surface area contributed by atoms with E-state index in [0.29, 0.717) is 23.3 Å². The van der Waals surface area contributed by atoms with Crippen LogP contribution < -0.4 is 4.74 Å². The fourth-order valence-corrected chi connectivity index (χ4v) is 3.43. The largest absolute Gasteiger partial charge is 0.497 e. The Morgan fingerprint density at radius 2 is 2.12 bits per heavy atom. The average Bonchev–Trinajstić information content (AvgIpc) is 2.49.